The number of amides is 2. The Bertz CT molecular complexity index is 1040. The van der Waals surface area contributed by atoms with Gasteiger partial charge in [0.25, 0.3) is 5.91 Å². The lowest BCUT2D eigenvalue weighted by atomic mass is 10.1. The van der Waals surface area contributed by atoms with Crippen molar-refractivity contribution < 1.29 is 18.4 Å². The van der Waals surface area contributed by atoms with Crippen molar-refractivity contribution in [2.75, 3.05) is 16.0 Å². The molecule has 1 saturated heterocycles. The molecule has 2 heterocycles. The fourth-order valence-electron chi connectivity index (χ4n) is 3.16. The molecule has 0 bridgehead atoms. The lowest BCUT2D eigenvalue weighted by molar-refractivity contribution is -0.115. The van der Waals surface area contributed by atoms with Crippen LogP contribution in [-0.2, 0) is 4.79 Å². The SMILES string of the molecule is Cc1c(F)cccc1N1C(=O)CS[C@H]1c1cccc(NC(=O)c2ccco2)c1. The Balaban J connectivity index is 1.63. The van der Waals surface area contributed by atoms with Crippen molar-refractivity contribution in [2.45, 2.75) is 12.3 Å². The molecule has 1 N–H and O–H groups in total. The van der Waals surface area contributed by atoms with Gasteiger partial charge in [-0.1, -0.05) is 18.2 Å². The van der Waals surface area contributed by atoms with Crippen LogP contribution in [0.3, 0.4) is 0 Å². The van der Waals surface area contributed by atoms with E-state index in [1.165, 1.54) is 24.1 Å². The van der Waals surface area contributed by atoms with E-state index in [-0.39, 0.29) is 28.8 Å². The van der Waals surface area contributed by atoms with Crippen LogP contribution in [0.4, 0.5) is 15.8 Å². The fourth-order valence-corrected chi connectivity index (χ4v) is 4.32. The topological polar surface area (TPSA) is 62.6 Å². The molecule has 4 rings (SSSR count). The first-order valence-electron chi connectivity index (χ1n) is 8.68. The van der Waals surface area contributed by atoms with Crippen molar-refractivity contribution in [3.63, 3.8) is 0 Å². The van der Waals surface area contributed by atoms with Crippen LogP contribution < -0.4 is 10.2 Å². The number of nitrogens with zero attached hydrogens (tertiary/aromatic N) is 1. The van der Waals surface area contributed by atoms with Crippen LogP contribution >= 0.6 is 11.8 Å². The molecular weight excluding hydrogens is 379 g/mol. The highest BCUT2D eigenvalue weighted by Crippen LogP contribution is 2.43. The molecule has 2 amide bonds. The van der Waals surface area contributed by atoms with Crippen molar-refractivity contribution in [1.29, 1.82) is 0 Å². The summed E-state index contributed by atoms with van der Waals surface area (Å²) in [6.45, 7) is 1.66. The first-order chi connectivity index (χ1) is 13.5. The Kier molecular flexibility index (Phi) is 4.92. The number of rotatable bonds is 4. The minimum atomic E-state index is -0.352. The lowest BCUT2D eigenvalue weighted by Gasteiger charge is -2.26. The van der Waals surface area contributed by atoms with E-state index in [0.717, 1.165) is 5.56 Å². The summed E-state index contributed by atoms with van der Waals surface area (Å²) in [6.07, 6.45) is 1.44. The maximum absolute atomic E-state index is 14.0. The first-order valence-corrected chi connectivity index (χ1v) is 9.73. The molecule has 2 aromatic carbocycles. The van der Waals surface area contributed by atoms with E-state index in [1.54, 1.807) is 42.2 Å². The van der Waals surface area contributed by atoms with Crippen molar-refractivity contribution in [2.24, 2.45) is 0 Å². The third kappa shape index (κ3) is 3.41. The largest absolute Gasteiger partial charge is 0.459 e. The summed E-state index contributed by atoms with van der Waals surface area (Å²) in [6, 6.07) is 15.2. The normalized spacial score (nSPS) is 16.4. The van der Waals surface area contributed by atoms with Gasteiger partial charge in [-0.25, -0.2) is 4.39 Å². The molecule has 0 spiro atoms. The minimum Gasteiger partial charge on any atom is -0.459 e. The van der Waals surface area contributed by atoms with Crippen LogP contribution in [-0.4, -0.2) is 17.6 Å². The summed E-state index contributed by atoms with van der Waals surface area (Å²) < 4.78 is 19.1. The molecule has 1 aliphatic rings. The number of halogens is 1. The van der Waals surface area contributed by atoms with Crippen molar-refractivity contribution >= 4 is 35.0 Å². The number of carbonyl (C=O) groups excluding carboxylic acids is 2. The van der Waals surface area contributed by atoms with E-state index in [4.69, 9.17) is 4.42 Å². The van der Waals surface area contributed by atoms with E-state index < -0.39 is 0 Å². The number of carbonyl (C=O) groups is 2. The van der Waals surface area contributed by atoms with Crippen molar-refractivity contribution in [1.82, 2.24) is 0 Å². The minimum absolute atomic E-state index is 0.0753. The Morgan fingerprint density at radius 2 is 2.04 bits per heavy atom. The van der Waals surface area contributed by atoms with Gasteiger partial charge in [0.2, 0.25) is 5.91 Å². The van der Waals surface area contributed by atoms with Gasteiger partial charge in [-0.05, 0) is 48.9 Å². The molecular formula is C21H17FN2O3S. The van der Waals surface area contributed by atoms with E-state index >= 15 is 0 Å². The summed E-state index contributed by atoms with van der Waals surface area (Å²) >= 11 is 1.47. The predicted molar refractivity (Wildman–Crippen MR) is 107 cm³/mol. The molecule has 0 saturated carbocycles. The molecule has 142 valence electrons. The molecule has 0 radical (unpaired) electrons. The summed E-state index contributed by atoms with van der Waals surface area (Å²) in [5, 5.41) is 2.49. The number of hydrogen-bond donors (Lipinski definition) is 1. The summed E-state index contributed by atoms with van der Waals surface area (Å²) in [4.78, 5) is 26.4. The van der Waals surface area contributed by atoms with Gasteiger partial charge in [-0.2, -0.15) is 0 Å². The zero-order valence-corrected chi connectivity index (χ0v) is 15.8. The third-order valence-corrected chi connectivity index (χ3v) is 5.75. The summed E-state index contributed by atoms with van der Waals surface area (Å²) in [5.41, 5.74) is 2.43. The van der Waals surface area contributed by atoms with Crippen LogP contribution in [0.2, 0.25) is 0 Å². The van der Waals surface area contributed by atoms with Gasteiger partial charge in [0.05, 0.1) is 17.7 Å². The molecule has 7 heteroatoms. The van der Waals surface area contributed by atoms with Gasteiger partial charge in [-0.15, -0.1) is 11.8 Å². The van der Waals surface area contributed by atoms with Crippen molar-refractivity contribution in [3.8, 4) is 0 Å². The van der Waals surface area contributed by atoms with Gasteiger partial charge >= 0.3 is 0 Å². The molecule has 3 aromatic rings. The highest BCUT2D eigenvalue weighted by Gasteiger charge is 2.35. The zero-order chi connectivity index (χ0) is 19.7. The van der Waals surface area contributed by atoms with E-state index in [9.17, 15) is 14.0 Å². The van der Waals surface area contributed by atoms with Crippen LogP contribution in [0.1, 0.15) is 27.1 Å². The smallest absolute Gasteiger partial charge is 0.291 e. The van der Waals surface area contributed by atoms with Crippen molar-refractivity contribution in [3.05, 3.63) is 83.6 Å². The molecule has 28 heavy (non-hydrogen) atoms. The van der Waals surface area contributed by atoms with Gasteiger partial charge < -0.3 is 9.73 Å². The van der Waals surface area contributed by atoms with E-state index in [2.05, 4.69) is 5.32 Å². The van der Waals surface area contributed by atoms with Crippen LogP contribution in [0.25, 0.3) is 0 Å². The van der Waals surface area contributed by atoms with Gasteiger partial charge in [0, 0.05) is 11.3 Å². The fraction of sp³-hybridized carbons (Fsp3) is 0.143. The molecule has 1 atom stereocenters. The highest BCUT2D eigenvalue weighted by molar-refractivity contribution is 8.00. The number of hydrogen-bond acceptors (Lipinski definition) is 4. The quantitative estimate of drug-likeness (QED) is 0.691. The van der Waals surface area contributed by atoms with Gasteiger partial charge in [-0.3, -0.25) is 14.5 Å². The maximum Gasteiger partial charge on any atom is 0.291 e. The number of thioether (sulfide) groups is 1. The number of benzene rings is 2. The second-order valence-corrected chi connectivity index (χ2v) is 7.44. The Morgan fingerprint density at radius 1 is 1.21 bits per heavy atom. The van der Waals surface area contributed by atoms with Crippen LogP contribution in [0.15, 0.2) is 65.3 Å². The molecule has 0 unspecified atom stereocenters. The van der Waals surface area contributed by atoms with Gasteiger partial charge in [0.1, 0.15) is 11.2 Å². The Morgan fingerprint density at radius 3 is 2.82 bits per heavy atom. The Hall–Kier alpha value is -3.06. The Labute approximate surface area is 165 Å². The lowest BCUT2D eigenvalue weighted by Crippen LogP contribution is -2.28. The molecule has 1 aromatic heterocycles. The predicted octanol–water partition coefficient (Wildman–Crippen LogP) is 4.76. The average Bonchev–Trinajstić information content (AvgIpc) is 3.34. The van der Waals surface area contributed by atoms with Gasteiger partial charge in [0.15, 0.2) is 5.76 Å². The van der Waals surface area contributed by atoms with E-state index in [0.29, 0.717) is 22.7 Å². The average molecular weight is 396 g/mol. The summed E-state index contributed by atoms with van der Waals surface area (Å²) in [7, 11) is 0. The number of furan rings is 1. The maximum atomic E-state index is 14.0. The van der Waals surface area contributed by atoms with Crippen LogP contribution in [0, 0.1) is 12.7 Å². The van der Waals surface area contributed by atoms with Crippen LogP contribution in [0.5, 0.6) is 0 Å². The third-order valence-electron chi connectivity index (χ3n) is 4.54. The number of anilines is 2. The van der Waals surface area contributed by atoms with E-state index in [1.807, 2.05) is 18.2 Å². The molecule has 1 fully saturated rings. The number of nitrogens with one attached hydrogen (secondary N) is 1. The first kappa shape index (κ1) is 18.3. The second kappa shape index (κ2) is 7.52. The highest BCUT2D eigenvalue weighted by atomic mass is 32.2. The zero-order valence-electron chi connectivity index (χ0n) is 15.0. The monoisotopic (exact) mass is 396 g/mol. The molecule has 0 aliphatic carbocycles. The molecule has 5 nitrogen and oxygen atoms in total. The summed E-state index contributed by atoms with van der Waals surface area (Å²) in [5.74, 6) is -0.249. The second-order valence-electron chi connectivity index (χ2n) is 6.37. The molecule has 1 aliphatic heterocycles. The standard InChI is InChI=1S/C21H17FN2O3S/c1-13-16(22)7-3-8-17(13)24-19(25)12-28-21(24)14-5-2-6-15(11-14)23-20(26)18-9-4-10-27-18/h2-11,21H,12H2,1H3,(H,23,26)/t21-/m0/s1.